The van der Waals surface area contributed by atoms with E-state index in [-0.39, 0.29) is 5.91 Å². The summed E-state index contributed by atoms with van der Waals surface area (Å²) in [5.41, 5.74) is 5.97. The predicted molar refractivity (Wildman–Crippen MR) is 69.2 cm³/mol. The second kappa shape index (κ2) is 6.35. The Kier molecular flexibility index (Phi) is 4.52. The quantitative estimate of drug-likeness (QED) is 0.772. The number of hydrogen-bond acceptors (Lipinski definition) is 4. The Labute approximate surface area is 107 Å². The molecule has 98 valence electrons. The fraction of sp³-hybridized carbons (Fsp3) is 0.538. The lowest BCUT2D eigenvalue weighted by Gasteiger charge is -2.11. The number of anilines is 1. The van der Waals surface area contributed by atoms with Gasteiger partial charge in [-0.05, 0) is 25.0 Å². The summed E-state index contributed by atoms with van der Waals surface area (Å²) in [4.78, 5) is 15.6. The molecule has 0 saturated heterocycles. The molecule has 0 atom stereocenters. The van der Waals surface area contributed by atoms with Crippen molar-refractivity contribution >= 4 is 11.7 Å². The number of carbonyl (C=O) groups is 1. The minimum atomic E-state index is -0.141. The summed E-state index contributed by atoms with van der Waals surface area (Å²) in [6.07, 6.45) is 6.68. The number of hydrogen-bond donors (Lipinski definition) is 2. The van der Waals surface area contributed by atoms with E-state index in [0.717, 1.165) is 12.8 Å². The zero-order chi connectivity index (χ0) is 12.8. The number of ether oxygens (including phenoxy) is 1. The number of nitrogens with one attached hydrogen (secondary N) is 1. The van der Waals surface area contributed by atoms with E-state index in [1.807, 2.05) is 0 Å². The summed E-state index contributed by atoms with van der Waals surface area (Å²) >= 11 is 0. The van der Waals surface area contributed by atoms with Crippen molar-refractivity contribution in [3.05, 3.63) is 23.9 Å². The van der Waals surface area contributed by atoms with Gasteiger partial charge in [-0.1, -0.05) is 12.8 Å². The van der Waals surface area contributed by atoms with Crippen LogP contribution in [-0.2, 0) is 4.74 Å². The number of nitrogens with two attached hydrogens (primary N) is 1. The second-order valence-corrected chi connectivity index (χ2v) is 4.50. The molecule has 0 bridgehead atoms. The van der Waals surface area contributed by atoms with Crippen molar-refractivity contribution in [3.63, 3.8) is 0 Å². The van der Waals surface area contributed by atoms with Gasteiger partial charge in [-0.15, -0.1) is 0 Å². The van der Waals surface area contributed by atoms with E-state index >= 15 is 0 Å². The molecule has 1 aromatic rings. The van der Waals surface area contributed by atoms with E-state index < -0.39 is 0 Å². The molecule has 0 aromatic carbocycles. The molecule has 0 unspecified atom stereocenters. The number of rotatable bonds is 5. The second-order valence-electron chi connectivity index (χ2n) is 4.50. The van der Waals surface area contributed by atoms with Crippen LogP contribution in [0.25, 0.3) is 0 Å². The maximum atomic E-state index is 11.7. The smallest absolute Gasteiger partial charge is 0.252 e. The lowest BCUT2D eigenvalue weighted by molar-refractivity contribution is 0.0582. The third-order valence-electron chi connectivity index (χ3n) is 3.09. The van der Waals surface area contributed by atoms with E-state index in [0.29, 0.717) is 30.6 Å². The Morgan fingerprint density at radius 3 is 2.89 bits per heavy atom. The molecule has 1 heterocycles. The van der Waals surface area contributed by atoms with Crippen molar-refractivity contribution in [2.75, 3.05) is 18.9 Å². The van der Waals surface area contributed by atoms with Crippen molar-refractivity contribution in [2.24, 2.45) is 0 Å². The largest absolute Gasteiger partial charge is 0.384 e. The van der Waals surface area contributed by atoms with Crippen molar-refractivity contribution in [3.8, 4) is 0 Å². The molecule has 0 aliphatic heterocycles. The first-order valence-electron chi connectivity index (χ1n) is 6.37. The monoisotopic (exact) mass is 249 g/mol. The molecule has 1 fully saturated rings. The number of amides is 1. The summed E-state index contributed by atoms with van der Waals surface area (Å²) in [6, 6.07) is 3.28. The van der Waals surface area contributed by atoms with Gasteiger partial charge in [0.15, 0.2) is 0 Å². The molecule has 18 heavy (non-hydrogen) atoms. The third-order valence-corrected chi connectivity index (χ3v) is 3.09. The van der Waals surface area contributed by atoms with E-state index in [1.165, 1.54) is 19.0 Å². The topological polar surface area (TPSA) is 77.2 Å². The molecular formula is C13H19N3O2. The van der Waals surface area contributed by atoms with E-state index in [4.69, 9.17) is 10.5 Å². The average molecular weight is 249 g/mol. The molecule has 5 nitrogen and oxygen atoms in total. The highest BCUT2D eigenvalue weighted by Gasteiger charge is 2.14. The van der Waals surface area contributed by atoms with Crippen LogP contribution in [0, 0.1) is 0 Å². The van der Waals surface area contributed by atoms with Crippen LogP contribution in [0.2, 0.25) is 0 Å². The van der Waals surface area contributed by atoms with E-state index in [9.17, 15) is 4.79 Å². The zero-order valence-electron chi connectivity index (χ0n) is 10.4. The predicted octanol–water partition coefficient (Wildman–Crippen LogP) is 1.35. The van der Waals surface area contributed by atoms with E-state index in [1.54, 1.807) is 12.1 Å². The fourth-order valence-corrected chi connectivity index (χ4v) is 2.09. The van der Waals surface area contributed by atoms with Crippen LogP contribution < -0.4 is 11.1 Å². The number of pyridine rings is 1. The van der Waals surface area contributed by atoms with Gasteiger partial charge in [0.1, 0.15) is 5.82 Å². The Morgan fingerprint density at radius 2 is 2.22 bits per heavy atom. The van der Waals surface area contributed by atoms with Gasteiger partial charge in [0.25, 0.3) is 5.91 Å². The van der Waals surface area contributed by atoms with E-state index in [2.05, 4.69) is 10.3 Å². The molecule has 1 amide bonds. The van der Waals surface area contributed by atoms with Gasteiger partial charge in [-0.25, -0.2) is 4.98 Å². The third kappa shape index (κ3) is 3.70. The van der Waals surface area contributed by atoms with Crippen molar-refractivity contribution in [1.82, 2.24) is 10.3 Å². The van der Waals surface area contributed by atoms with Crippen LogP contribution in [0.4, 0.5) is 5.82 Å². The first-order valence-corrected chi connectivity index (χ1v) is 6.37. The maximum absolute atomic E-state index is 11.7. The van der Waals surface area contributed by atoms with Gasteiger partial charge in [0.2, 0.25) is 0 Å². The molecule has 0 radical (unpaired) electrons. The maximum Gasteiger partial charge on any atom is 0.252 e. The SMILES string of the molecule is Nc1ccc(C(=O)NCCOC2CCCC2)cn1. The van der Waals surface area contributed by atoms with Gasteiger partial charge in [-0.3, -0.25) is 4.79 Å². The highest BCUT2D eigenvalue weighted by atomic mass is 16.5. The summed E-state index contributed by atoms with van der Waals surface area (Å²) in [5.74, 6) is 0.272. The Balaban J connectivity index is 1.66. The van der Waals surface area contributed by atoms with Gasteiger partial charge in [0.05, 0.1) is 18.3 Å². The molecular weight excluding hydrogens is 230 g/mol. The lowest BCUT2D eigenvalue weighted by Crippen LogP contribution is -2.28. The zero-order valence-corrected chi connectivity index (χ0v) is 10.4. The highest BCUT2D eigenvalue weighted by Crippen LogP contribution is 2.20. The molecule has 0 spiro atoms. The Bertz CT molecular complexity index is 386. The van der Waals surface area contributed by atoms with Crippen LogP contribution in [0.5, 0.6) is 0 Å². The van der Waals surface area contributed by atoms with Crippen molar-refractivity contribution < 1.29 is 9.53 Å². The summed E-state index contributed by atoms with van der Waals surface area (Å²) in [5, 5.41) is 2.80. The first-order chi connectivity index (χ1) is 8.75. The fourth-order valence-electron chi connectivity index (χ4n) is 2.09. The summed E-state index contributed by atoms with van der Waals surface area (Å²) in [6.45, 7) is 1.10. The van der Waals surface area contributed by atoms with Crippen LogP contribution in [-0.4, -0.2) is 30.1 Å². The van der Waals surface area contributed by atoms with Gasteiger partial charge in [0, 0.05) is 12.7 Å². The molecule has 1 aromatic heterocycles. The Hall–Kier alpha value is -1.62. The van der Waals surface area contributed by atoms with Gasteiger partial charge in [-0.2, -0.15) is 0 Å². The lowest BCUT2D eigenvalue weighted by atomic mass is 10.2. The molecule has 5 heteroatoms. The van der Waals surface area contributed by atoms with Crippen LogP contribution in [0.15, 0.2) is 18.3 Å². The molecule has 1 aliphatic carbocycles. The molecule has 2 rings (SSSR count). The number of nitrogen functional groups attached to an aromatic ring is 1. The summed E-state index contributed by atoms with van der Waals surface area (Å²) in [7, 11) is 0. The van der Waals surface area contributed by atoms with Gasteiger partial charge >= 0.3 is 0 Å². The number of aromatic nitrogens is 1. The standard InChI is InChI=1S/C13H19N3O2/c14-12-6-5-10(9-16-12)13(17)15-7-8-18-11-3-1-2-4-11/h5-6,9,11H,1-4,7-8H2,(H2,14,16)(H,15,17). The minimum absolute atomic E-state index is 0.141. The molecule has 1 saturated carbocycles. The first kappa shape index (κ1) is 12.8. The van der Waals surface area contributed by atoms with Gasteiger partial charge < -0.3 is 15.8 Å². The van der Waals surface area contributed by atoms with Crippen LogP contribution in [0.3, 0.4) is 0 Å². The number of carbonyl (C=O) groups excluding carboxylic acids is 1. The van der Waals surface area contributed by atoms with Crippen molar-refractivity contribution in [2.45, 2.75) is 31.8 Å². The average Bonchev–Trinajstić information content (AvgIpc) is 2.88. The Morgan fingerprint density at radius 1 is 1.44 bits per heavy atom. The molecule has 3 N–H and O–H groups in total. The van der Waals surface area contributed by atoms with Crippen molar-refractivity contribution in [1.29, 1.82) is 0 Å². The number of nitrogens with zero attached hydrogens (tertiary/aromatic N) is 1. The summed E-state index contributed by atoms with van der Waals surface area (Å²) < 4.78 is 5.66. The van der Waals surface area contributed by atoms with Crippen LogP contribution >= 0.6 is 0 Å². The minimum Gasteiger partial charge on any atom is -0.384 e. The van der Waals surface area contributed by atoms with Crippen LogP contribution in [0.1, 0.15) is 36.0 Å². The molecule has 1 aliphatic rings. The normalized spacial score (nSPS) is 15.8. The highest BCUT2D eigenvalue weighted by molar-refractivity contribution is 5.93.